The highest BCUT2D eigenvalue weighted by Gasteiger charge is 2.54. The van der Waals surface area contributed by atoms with Gasteiger partial charge in [-0.15, -0.1) is 0 Å². The van der Waals surface area contributed by atoms with E-state index in [0.717, 1.165) is 29.7 Å². The van der Waals surface area contributed by atoms with Gasteiger partial charge in [-0.05, 0) is 41.7 Å². The SMILES string of the molecule is CCC(=O)N[C@@H]1c2ccccc2C2(CCN(C(=O)C=Cc3cnc[nH]3)CC2)[C@H]1OCc1cccnc1. The average Bonchev–Trinajstić information content (AvgIpc) is 3.53. The number of benzene rings is 1. The smallest absolute Gasteiger partial charge is 0.246 e. The van der Waals surface area contributed by atoms with Crippen LogP contribution in [0.25, 0.3) is 6.08 Å². The lowest BCUT2D eigenvalue weighted by Crippen LogP contribution is -2.51. The Balaban J connectivity index is 1.40. The van der Waals surface area contributed by atoms with E-state index in [1.807, 2.05) is 42.3 Å². The van der Waals surface area contributed by atoms with Crippen molar-refractivity contribution in [3.63, 3.8) is 0 Å². The van der Waals surface area contributed by atoms with E-state index in [-0.39, 0.29) is 29.4 Å². The summed E-state index contributed by atoms with van der Waals surface area (Å²) in [6.07, 6.45) is 11.8. The lowest BCUT2D eigenvalue weighted by molar-refractivity contribution is -0.129. The Hall–Kier alpha value is -3.78. The molecule has 2 N–H and O–H groups in total. The second-order valence-electron chi connectivity index (χ2n) is 9.40. The number of rotatable bonds is 7. The molecule has 2 amide bonds. The molecule has 0 radical (unpaired) electrons. The minimum Gasteiger partial charge on any atom is -0.370 e. The predicted molar refractivity (Wildman–Crippen MR) is 136 cm³/mol. The zero-order valence-electron chi connectivity index (χ0n) is 20.4. The molecule has 5 rings (SSSR count). The van der Waals surface area contributed by atoms with Crippen molar-refractivity contribution in [2.45, 2.75) is 50.4 Å². The fourth-order valence-corrected chi connectivity index (χ4v) is 5.52. The van der Waals surface area contributed by atoms with E-state index in [1.54, 1.807) is 30.9 Å². The van der Waals surface area contributed by atoms with Crippen molar-refractivity contribution < 1.29 is 14.3 Å². The van der Waals surface area contributed by atoms with Gasteiger partial charge in [-0.25, -0.2) is 4.98 Å². The third kappa shape index (κ3) is 4.68. The van der Waals surface area contributed by atoms with E-state index in [9.17, 15) is 9.59 Å². The van der Waals surface area contributed by atoms with E-state index < -0.39 is 0 Å². The molecule has 3 heterocycles. The molecule has 36 heavy (non-hydrogen) atoms. The van der Waals surface area contributed by atoms with Crippen LogP contribution in [0.2, 0.25) is 0 Å². The van der Waals surface area contributed by atoms with E-state index in [2.05, 4.69) is 32.4 Å². The fourth-order valence-electron chi connectivity index (χ4n) is 5.52. The number of pyridine rings is 1. The van der Waals surface area contributed by atoms with Gasteiger partial charge in [0.2, 0.25) is 11.8 Å². The molecule has 2 atom stereocenters. The molecule has 8 heteroatoms. The number of nitrogens with zero attached hydrogens (tertiary/aromatic N) is 3. The number of hydrogen-bond donors (Lipinski definition) is 2. The van der Waals surface area contributed by atoms with Gasteiger partial charge < -0.3 is 19.9 Å². The molecule has 2 aromatic heterocycles. The summed E-state index contributed by atoms with van der Waals surface area (Å²) in [5.74, 6) is -0.0206. The van der Waals surface area contributed by atoms with E-state index in [1.165, 1.54) is 5.56 Å². The standard InChI is InChI=1S/C28H31N5O3/c1-2-24(34)32-26-22-7-3-4-8-23(22)28(27(26)36-18-20-6-5-13-29-16-20)11-14-33(15-12-28)25(35)10-9-21-17-30-19-31-21/h3-10,13,16-17,19,26-27H,2,11-12,14-15,18H2,1H3,(H,30,31)(H,32,34)/t26-,27+/m1/s1. The van der Waals surface area contributed by atoms with Gasteiger partial charge in [-0.2, -0.15) is 0 Å². The Morgan fingerprint density at radius 3 is 2.72 bits per heavy atom. The van der Waals surface area contributed by atoms with Crippen LogP contribution in [0.1, 0.15) is 54.6 Å². The molecule has 2 aliphatic rings. The minimum atomic E-state index is -0.297. The second-order valence-corrected chi connectivity index (χ2v) is 9.40. The summed E-state index contributed by atoms with van der Waals surface area (Å²) >= 11 is 0. The van der Waals surface area contributed by atoms with Gasteiger partial charge in [0.05, 0.1) is 37.0 Å². The number of nitrogens with one attached hydrogen (secondary N) is 2. The van der Waals surface area contributed by atoms with Crippen LogP contribution in [0.5, 0.6) is 0 Å². The molecule has 8 nitrogen and oxygen atoms in total. The zero-order valence-corrected chi connectivity index (χ0v) is 20.4. The normalized spacial score (nSPS) is 20.5. The van der Waals surface area contributed by atoms with Crippen molar-refractivity contribution in [2.75, 3.05) is 13.1 Å². The molecule has 1 aliphatic heterocycles. The number of likely N-dealkylation sites (tertiary alicyclic amines) is 1. The minimum absolute atomic E-state index is 0.00149. The average molecular weight is 486 g/mol. The van der Waals surface area contributed by atoms with Gasteiger partial charge in [0, 0.05) is 43.4 Å². The van der Waals surface area contributed by atoms with Crippen molar-refractivity contribution in [1.29, 1.82) is 0 Å². The van der Waals surface area contributed by atoms with Crippen LogP contribution in [-0.2, 0) is 26.3 Å². The second kappa shape index (κ2) is 10.5. The first-order valence-corrected chi connectivity index (χ1v) is 12.5. The summed E-state index contributed by atoms with van der Waals surface area (Å²) in [7, 11) is 0. The highest BCUT2D eigenvalue weighted by molar-refractivity contribution is 5.91. The number of ether oxygens (including phenoxy) is 1. The van der Waals surface area contributed by atoms with Gasteiger partial charge in [-0.1, -0.05) is 37.3 Å². The maximum atomic E-state index is 12.9. The molecule has 1 spiro atoms. The topological polar surface area (TPSA) is 100 Å². The van der Waals surface area contributed by atoms with Crippen molar-refractivity contribution in [2.24, 2.45) is 0 Å². The van der Waals surface area contributed by atoms with Crippen molar-refractivity contribution in [1.82, 2.24) is 25.2 Å². The van der Waals surface area contributed by atoms with Crippen molar-refractivity contribution in [3.05, 3.63) is 89.8 Å². The summed E-state index contributed by atoms with van der Waals surface area (Å²) in [5, 5.41) is 3.23. The molecule has 3 aromatic rings. The van der Waals surface area contributed by atoms with Gasteiger partial charge >= 0.3 is 0 Å². The quantitative estimate of drug-likeness (QED) is 0.499. The lowest BCUT2D eigenvalue weighted by Gasteiger charge is -2.44. The van der Waals surface area contributed by atoms with Gasteiger partial charge in [0.1, 0.15) is 0 Å². The first kappa shape index (κ1) is 23.9. The highest BCUT2D eigenvalue weighted by Crippen LogP contribution is 2.52. The first-order valence-electron chi connectivity index (χ1n) is 12.5. The zero-order chi connectivity index (χ0) is 25.0. The molecule has 0 saturated carbocycles. The van der Waals surface area contributed by atoms with Crippen molar-refractivity contribution >= 4 is 17.9 Å². The van der Waals surface area contributed by atoms with E-state index in [4.69, 9.17) is 4.74 Å². The Bertz CT molecular complexity index is 1220. The number of fused-ring (bicyclic) bond motifs is 2. The first-order chi connectivity index (χ1) is 17.6. The van der Waals surface area contributed by atoms with Gasteiger partial charge in [0.25, 0.3) is 0 Å². The Morgan fingerprint density at radius 1 is 1.17 bits per heavy atom. The third-order valence-electron chi connectivity index (χ3n) is 7.36. The van der Waals surface area contributed by atoms with Crippen LogP contribution in [0.15, 0.2) is 67.4 Å². The monoisotopic (exact) mass is 485 g/mol. The molecule has 1 aromatic carbocycles. The van der Waals surface area contributed by atoms with Crippen LogP contribution in [0.3, 0.4) is 0 Å². The predicted octanol–water partition coefficient (Wildman–Crippen LogP) is 3.54. The molecular formula is C28H31N5O3. The number of aromatic nitrogens is 3. The molecule has 1 fully saturated rings. The van der Waals surface area contributed by atoms with E-state index in [0.29, 0.717) is 26.1 Å². The van der Waals surface area contributed by atoms with Crippen molar-refractivity contribution in [3.8, 4) is 0 Å². The van der Waals surface area contributed by atoms with E-state index >= 15 is 0 Å². The number of hydrogen-bond acceptors (Lipinski definition) is 5. The third-order valence-corrected chi connectivity index (χ3v) is 7.36. The summed E-state index contributed by atoms with van der Waals surface area (Å²) < 4.78 is 6.63. The molecule has 0 unspecified atom stereocenters. The summed E-state index contributed by atoms with van der Waals surface area (Å²) in [6.45, 7) is 3.49. The maximum Gasteiger partial charge on any atom is 0.246 e. The van der Waals surface area contributed by atoms with Crippen LogP contribution in [-0.4, -0.2) is 50.9 Å². The van der Waals surface area contributed by atoms with Crippen LogP contribution >= 0.6 is 0 Å². The van der Waals surface area contributed by atoms with Gasteiger partial charge in [0.15, 0.2) is 0 Å². The Kier molecular flexibility index (Phi) is 6.95. The van der Waals surface area contributed by atoms with Crippen LogP contribution < -0.4 is 5.32 Å². The Morgan fingerprint density at radius 2 is 2.00 bits per heavy atom. The molecule has 1 saturated heterocycles. The lowest BCUT2D eigenvalue weighted by atomic mass is 9.71. The molecule has 186 valence electrons. The number of H-pyrrole nitrogens is 1. The maximum absolute atomic E-state index is 12.9. The number of aromatic amines is 1. The van der Waals surface area contributed by atoms with Crippen LogP contribution in [0.4, 0.5) is 0 Å². The number of imidazole rings is 1. The fraction of sp³-hybridized carbons (Fsp3) is 0.357. The summed E-state index contributed by atoms with van der Waals surface area (Å²) in [6, 6.07) is 12.0. The Labute approximate surface area is 210 Å². The number of piperidine rings is 1. The molecule has 0 bridgehead atoms. The molecular weight excluding hydrogens is 454 g/mol. The molecule has 1 aliphatic carbocycles. The largest absolute Gasteiger partial charge is 0.370 e. The van der Waals surface area contributed by atoms with Crippen LogP contribution in [0, 0.1) is 0 Å². The van der Waals surface area contributed by atoms with Gasteiger partial charge in [-0.3, -0.25) is 14.6 Å². The number of amides is 2. The highest BCUT2D eigenvalue weighted by atomic mass is 16.5. The summed E-state index contributed by atoms with van der Waals surface area (Å²) in [5.41, 5.74) is 3.80. The summed E-state index contributed by atoms with van der Waals surface area (Å²) in [4.78, 5) is 38.5. The number of carbonyl (C=O) groups is 2. The number of carbonyl (C=O) groups excluding carboxylic acids is 2.